The molecule has 0 bridgehead atoms. The summed E-state index contributed by atoms with van der Waals surface area (Å²) in [6.07, 6.45) is 1.45. The van der Waals surface area contributed by atoms with Gasteiger partial charge in [-0.15, -0.1) is 0 Å². The number of hydrogen-bond acceptors (Lipinski definition) is 4. The molecule has 0 saturated carbocycles. The van der Waals surface area contributed by atoms with Gasteiger partial charge in [0.05, 0.1) is 5.60 Å². The zero-order valence-electron chi connectivity index (χ0n) is 10.9. The third-order valence-electron chi connectivity index (χ3n) is 2.58. The molecule has 0 aromatic carbocycles. The van der Waals surface area contributed by atoms with E-state index in [1.165, 1.54) is 22.9 Å². The molecule has 1 amide bonds. The molecule has 1 aromatic rings. The number of nitrogens with zero attached hydrogens (tertiary/aromatic N) is 1. The average Bonchev–Trinajstić information content (AvgIpc) is 2.31. The highest BCUT2D eigenvalue weighted by atomic mass is 16.5. The smallest absolute Gasteiger partial charge is 0.251 e. The molecule has 100 valence electrons. The second-order valence-electron chi connectivity index (χ2n) is 4.67. The predicted octanol–water partition coefficient (Wildman–Crippen LogP) is -0.0283. The van der Waals surface area contributed by atoms with Crippen molar-refractivity contribution in [1.29, 1.82) is 0 Å². The molecule has 3 N–H and O–H groups in total. The fourth-order valence-corrected chi connectivity index (χ4v) is 1.27. The SMILES string of the molecule is COC(C)(C)CNC(=O)Cn1cc(N)ccc1=O. The summed E-state index contributed by atoms with van der Waals surface area (Å²) in [5, 5.41) is 2.70. The Morgan fingerprint density at radius 1 is 1.50 bits per heavy atom. The molecule has 0 saturated heterocycles. The molecule has 1 aromatic heterocycles. The third kappa shape index (κ3) is 4.21. The topological polar surface area (TPSA) is 86.3 Å². The van der Waals surface area contributed by atoms with Gasteiger partial charge in [0, 0.05) is 31.6 Å². The van der Waals surface area contributed by atoms with E-state index in [0.717, 1.165) is 0 Å². The van der Waals surface area contributed by atoms with Crippen LogP contribution in [-0.4, -0.2) is 29.7 Å². The van der Waals surface area contributed by atoms with Gasteiger partial charge in [0.2, 0.25) is 5.91 Å². The highest BCUT2D eigenvalue weighted by molar-refractivity contribution is 5.75. The zero-order chi connectivity index (χ0) is 13.8. The first-order chi connectivity index (χ1) is 8.34. The Kier molecular flexibility index (Phi) is 4.49. The maximum Gasteiger partial charge on any atom is 0.251 e. The number of anilines is 1. The molecule has 1 rings (SSSR count). The minimum atomic E-state index is -0.434. The van der Waals surface area contributed by atoms with Gasteiger partial charge in [-0.2, -0.15) is 0 Å². The van der Waals surface area contributed by atoms with E-state index in [-0.39, 0.29) is 18.0 Å². The van der Waals surface area contributed by atoms with Gasteiger partial charge >= 0.3 is 0 Å². The average molecular weight is 253 g/mol. The van der Waals surface area contributed by atoms with Crippen molar-refractivity contribution in [2.75, 3.05) is 19.4 Å². The predicted molar refractivity (Wildman–Crippen MR) is 69.2 cm³/mol. The number of nitrogens with one attached hydrogen (secondary N) is 1. The van der Waals surface area contributed by atoms with Crippen LogP contribution in [0.2, 0.25) is 0 Å². The quantitative estimate of drug-likeness (QED) is 0.771. The molecule has 0 unspecified atom stereocenters. The Labute approximate surface area is 106 Å². The first-order valence-corrected chi connectivity index (χ1v) is 5.62. The zero-order valence-corrected chi connectivity index (χ0v) is 10.9. The monoisotopic (exact) mass is 253 g/mol. The van der Waals surface area contributed by atoms with Crippen molar-refractivity contribution < 1.29 is 9.53 Å². The van der Waals surface area contributed by atoms with Gasteiger partial charge < -0.3 is 20.4 Å². The van der Waals surface area contributed by atoms with Crippen LogP contribution in [-0.2, 0) is 16.1 Å². The lowest BCUT2D eigenvalue weighted by Crippen LogP contribution is -2.41. The number of nitrogens with two attached hydrogens (primary N) is 1. The first kappa shape index (κ1) is 14.2. The van der Waals surface area contributed by atoms with Gasteiger partial charge in [0.15, 0.2) is 0 Å². The number of methoxy groups -OCH3 is 1. The maximum atomic E-state index is 11.7. The highest BCUT2D eigenvalue weighted by Gasteiger charge is 2.17. The van der Waals surface area contributed by atoms with E-state index in [2.05, 4.69) is 5.32 Å². The molecule has 0 radical (unpaired) electrons. The molecule has 0 spiro atoms. The van der Waals surface area contributed by atoms with E-state index < -0.39 is 5.60 Å². The summed E-state index contributed by atoms with van der Waals surface area (Å²) in [4.78, 5) is 23.1. The summed E-state index contributed by atoms with van der Waals surface area (Å²) in [6.45, 7) is 4.04. The summed E-state index contributed by atoms with van der Waals surface area (Å²) >= 11 is 0. The molecule has 0 aliphatic rings. The molecule has 6 nitrogen and oxygen atoms in total. The van der Waals surface area contributed by atoms with E-state index in [1.54, 1.807) is 7.11 Å². The molecular weight excluding hydrogens is 234 g/mol. The second-order valence-corrected chi connectivity index (χ2v) is 4.67. The molecule has 0 aliphatic heterocycles. The molecule has 0 fully saturated rings. The molecule has 0 aliphatic carbocycles. The van der Waals surface area contributed by atoms with Crippen LogP contribution in [0.5, 0.6) is 0 Å². The fraction of sp³-hybridized carbons (Fsp3) is 0.500. The third-order valence-corrected chi connectivity index (χ3v) is 2.58. The van der Waals surface area contributed by atoms with Gasteiger partial charge in [0.25, 0.3) is 5.56 Å². The standard InChI is InChI=1S/C12H19N3O3/c1-12(2,18-3)8-14-10(16)7-15-6-9(13)4-5-11(15)17/h4-6H,7-8,13H2,1-3H3,(H,14,16). The van der Waals surface area contributed by atoms with Crippen LogP contribution in [0.1, 0.15) is 13.8 Å². The minimum absolute atomic E-state index is 0.0519. The van der Waals surface area contributed by atoms with Crippen LogP contribution < -0.4 is 16.6 Å². The number of ether oxygens (including phenoxy) is 1. The highest BCUT2D eigenvalue weighted by Crippen LogP contribution is 2.04. The number of carbonyl (C=O) groups is 1. The minimum Gasteiger partial charge on any atom is -0.398 e. The number of nitrogen functional groups attached to an aromatic ring is 1. The van der Waals surface area contributed by atoms with Crippen molar-refractivity contribution >= 4 is 11.6 Å². The normalized spacial score (nSPS) is 11.3. The molecular formula is C12H19N3O3. The Morgan fingerprint density at radius 3 is 2.78 bits per heavy atom. The van der Waals surface area contributed by atoms with Gasteiger partial charge in [0.1, 0.15) is 6.54 Å². The summed E-state index contributed by atoms with van der Waals surface area (Å²) in [7, 11) is 1.58. The van der Waals surface area contributed by atoms with E-state index in [9.17, 15) is 9.59 Å². The van der Waals surface area contributed by atoms with Gasteiger partial charge in [-0.3, -0.25) is 9.59 Å². The van der Waals surface area contributed by atoms with Crippen molar-refractivity contribution in [2.24, 2.45) is 0 Å². The number of pyridine rings is 1. The number of rotatable bonds is 5. The Hall–Kier alpha value is -1.82. The summed E-state index contributed by atoms with van der Waals surface area (Å²) in [5.74, 6) is -0.257. The van der Waals surface area contributed by atoms with Crippen LogP contribution in [0.3, 0.4) is 0 Å². The maximum absolute atomic E-state index is 11.7. The lowest BCUT2D eigenvalue weighted by Gasteiger charge is -2.23. The van der Waals surface area contributed by atoms with Crippen LogP contribution in [0, 0.1) is 0 Å². The Bertz CT molecular complexity index is 480. The molecule has 18 heavy (non-hydrogen) atoms. The van der Waals surface area contributed by atoms with Crippen LogP contribution in [0.25, 0.3) is 0 Å². The summed E-state index contributed by atoms with van der Waals surface area (Å²) in [6, 6.07) is 2.84. The Morgan fingerprint density at radius 2 is 2.17 bits per heavy atom. The van der Waals surface area contributed by atoms with Crippen LogP contribution in [0.15, 0.2) is 23.1 Å². The summed E-state index contributed by atoms with van der Waals surface area (Å²) < 4.78 is 6.45. The Balaban J connectivity index is 2.60. The van der Waals surface area contributed by atoms with Crippen molar-refractivity contribution in [1.82, 2.24) is 9.88 Å². The van der Waals surface area contributed by atoms with Crippen molar-refractivity contribution in [2.45, 2.75) is 26.0 Å². The van der Waals surface area contributed by atoms with E-state index in [1.807, 2.05) is 13.8 Å². The van der Waals surface area contributed by atoms with E-state index >= 15 is 0 Å². The summed E-state index contributed by atoms with van der Waals surface area (Å²) in [5.41, 5.74) is 5.31. The van der Waals surface area contributed by atoms with Crippen molar-refractivity contribution in [3.8, 4) is 0 Å². The largest absolute Gasteiger partial charge is 0.398 e. The number of carbonyl (C=O) groups excluding carboxylic acids is 1. The number of aromatic nitrogens is 1. The molecule has 1 heterocycles. The van der Waals surface area contributed by atoms with Gasteiger partial charge in [-0.25, -0.2) is 0 Å². The van der Waals surface area contributed by atoms with Gasteiger partial charge in [-0.05, 0) is 19.9 Å². The van der Waals surface area contributed by atoms with Crippen molar-refractivity contribution in [3.05, 3.63) is 28.7 Å². The van der Waals surface area contributed by atoms with E-state index in [0.29, 0.717) is 12.2 Å². The van der Waals surface area contributed by atoms with Gasteiger partial charge in [-0.1, -0.05) is 0 Å². The molecule has 0 atom stereocenters. The van der Waals surface area contributed by atoms with Crippen LogP contribution >= 0.6 is 0 Å². The van der Waals surface area contributed by atoms with Crippen LogP contribution in [0.4, 0.5) is 5.69 Å². The number of amides is 1. The lowest BCUT2D eigenvalue weighted by molar-refractivity contribution is -0.123. The molecule has 6 heteroatoms. The van der Waals surface area contributed by atoms with Crippen molar-refractivity contribution in [3.63, 3.8) is 0 Å². The number of hydrogen-bond donors (Lipinski definition) is 2. The first-order valence-electron chi connectivity index (χ1n) is 5.62. The fourth-order valence-electron chi connectivity index (χ4n) is 1.27. The van der Waals surface area contributed by atoms with E-state index in [4.69, 9.17) is 10.5 Å². The second kappa shape index (κ2) is 5.68. The lowest BCUT2D eigenvalue weighted by atomic mass is 10.1.